The monoisotopic (exact) mass is 304 g/mol. The highest BCUT2D eigenvalue weighted by atomic mass is 28.3. The molecule has 1 aromatic rings. The second kappa shape index (κ2) is 9.18. The van der Waals surface area contributed by atoms with Crippen molar-refractivity contribution >= 4 is 9.53 Å². The van der Waals surface area contributed by atoms with Gasteiger partial charge in [0, 0.05) is 20.3 Å². The molecule has 20 heavy (non-hydrogen) atoms. The van der Waals surface area contributed by atoms with E-state index in [-0.39, 0.29) is 6.10 Å². The predicted octanol–water partition coefficient (Wildman–Crippen LogP) is 3.09. The molecular formula is C14H22F2O3Si. The molecule has 0 bridgehead atoms. The lowest BCUT2D eigenvalue weighted by Gasteiger charge is -2.17. The van der Waals surface area contributed by atoms with Gasteiger partial charge < -0.3 is 13.3 Å². The van der Waals surface area contributed by atoms with E-state index in [1.54, 1.807) is 20.3 Å². The molecule has 1 atom stereocenters. The maximum atomic E-state index is 13.0. The summed E-state index contributed by atoms with van der Waals surface area (Å²) in [6, 6.07) is 4.05. The molecule has 0 fully saturated rings. The molecule has 0 saturated heterocycles. The van der Waals surface area contributed by atoms with Crippen LogP contribution in [0.4, 0.5) is 8.78 Å². The summed E-state index contributed by atoms with van der Waals surface area (Å²) in [7, 11) is 1.19. The number of hydrogen-bond acceptors (Lipinski definition) is 3. The lowest BCUT2D eigenvalue weighted by atomic mass is 10.1. The molecule has 0 N–H and O–H groups in total. The maximum Gasteiger partial charge on any atom is 0.483 e. The molecule has 0 aromatic heterocycles. The molecule has 0 aliphatic heterocycles. The highest BCUT2D eigenvalue weighted by Crippen LogP contribution is 2.13. The van der Waals surface area contributed by atoms with Crippen LogP contribution in [0.2, 0.25) is 0 Å². The minimum absolute atomic E-state index is 0.0801. The van der Waals surface area contributed by atoms with Gasteiger partial charge >= 0.3 is 9.53 Å². The normalized spacial score (nSPS) is 12.9. The van der Waals surface area contributed by atoms with Gasteiger partial charge in [0.1, 0.15) is 0 Å². The fraction of sp³-hybridized carbons (Fsp3) is 0.571. The molecule has 0 radical (unpaired) electrons. The van der Waals surface area contributed by atoms with Crippen LogP contribution in [0.3, 0.4) is 0 Å². The van der Waals surface area contributed by atoms with E-state index in [9.17, 15) is 8.78 Å². The minimum Gasteiger partial charge on any atom is -0.379 e. The predicted molar refractivity (Wildman–Crippen MR) is 75.6 cm³/mol. The third-order valence-corrected chi connectivity index (χ3v) is 4.50. The number of unbranched alkanes of at least 4 members (excludes halogenated alkanes) is 1. The van der Waals surface area contributed by atoms with Crippen LogP contribution in [0.5, 0.6) is 0 Å². The van der Waals surface area contributed by atoms with Crippen LogP contribution in [0.15, 0.2) is 18.2 Å². The van der Waals surface area contributed by atoms with Gasteiger partial charge in [-0.15, -0.1) is 0 Å². The third-order valence-electron chi connectivity index (χ3n) is 3.04. The highest BCUT2D eigenvalue weighted by molar-refractivity contribution is 6.36. The van der Waals surface area contributed by atoms with Gasteiger partial charge in [-0.25, -0.2) is 8.78 Å². The first kappa shape index (κ1) is 17.2. The lowest BCUT2D eigenvalue weighted by Crippen LogP contribution is -2.28. The van der Waals surface area contributed by atoms with Crippen molar-refractivity contribution in [1.29, 1.82) is 0 Å². The molecule has 1 rings (SSSR count). The first-order valence-electron chi connectivity index (χ1n) is 6.71. The molecule has 0 heterocycles. The van der Waals surface area contributed by atoms with E-state index in [1.807, 2.05) is 6.92 Å². The van der Waals surface area contributed by atoms with Crippen LogP contribution in [0.1, 0.15) is 31.7 Å². The summed E-state index contributed by atoms with van der Waals surface area (Å²) < 4.78 is 41.6. The number of hydrogen-bond donors (Lipinski definition) is 0. The van der Waals surface area contributed by atoms with Crippen LogP contribution in [-0.4, -0.2) is 29.9 Å². The molecule has 1 aromatic carbocycles. The van der Waals surface area contributed by atoms with Crippen LogP contribution in [0, 0.1) is 11.6 Å². The Labute approximate surface area is 120 Å². The van der Waals surface area contributed by atoms with Crippen LogP contribution in [0.25, 0.3) is 0 Å². The largest absolute Gasteiger partial charge is 0.483 e. The van der Waals surface area contributed by atoms with Crippen molar-refractivity contribution in [2.45, 2.75) is 38.7 Å². The third kappa shape index (κ3) is 6.09. The second-order valence-corrected chi connectivity index (χ2v) is 6.49. The van der Waals surface area contributed by atoms with Gasteiger partial charge in [-0.2, -0.15) is 0 Å². The van der Waals surface area contributed by atoms with Crippen molar-refractivity contribution in [3.05, 3.63) is 35.4 Å². The highest BCUT2D eigenvalue weighted by Gasteiger charge is 2.15. The molecule has 0 amide bonds. The fourth-order valence-corrected chi connectivity index (χ4v) is 2.85. The van der Waals surface area contributed by atoms with E-state index in [0.717, 1.165) is 31.2 Å². The Bertz CT molecular complexity index is 400. The minimum atomic E-state index is -1.96. The van der Waals surface area contributed by atoms with Gasteiger partial charge in [0.2, 0.25) is 0 Å². The van der Waals surface area contributed by atoms with Gasteiger partial charge in [-0.1, -0.05) is 12.5 Å². The molecule has 0 saturated carbocycles. The Kier molecular flexibility index (Phi) is 7.90. The number of rotatable bonds is 9. The molecule has 114 valence electrons. The zero-order valence-electron chi connectivity index (χ0n) is 12.2. The topological polar surface area (TPSA) is 27.7 Å². The summed E-state index contributed by atoms with van der Waals surface area (Å²) in [5, 5.41) is 0. The Hall–Kier alpha value is -0.823. The molecule has 6 heteroatoms. The summed E-state index contributed by atoms with van der Waals surface area (Å²) in [5.41, 5.74) is 0.818. The van der Waals surface area contributed by atoms with Crippen molar-refractivity contribution in [2.75, 3.05) is 14.2 Å². The average Bonchev–Trinajstić information content (AvgIpc) is 2.44. The van der Waals surface area contributed by atoms with E-state index in [4.69, 9.17) is 13.3 Å². The van der Waals surface area contributed by atoms with Crippen molar-refractivity contribution in [3.8, 4) is 0 Å². The molecule has 0 spiro atoms. The second-order valence-electron chi connectivity index (χ2n) is 4.70. The standard InChI is InChI=1S/C14H22F2O3Si/c1-11(19-20(17-2)18-3)6-4-5-7-12-8-9-13(15)14(16)10-12/h8-11,20H,4-7H2,1-3H3. The van der Waals surface area contributed by atoms with Crippen molar-refractivity contribution in [2.24, 2.45) is 0 Å². The summed E-state index contributed by atoms with van der Waals surface area (Å²) in [5.74, 6) is -1.58. The molecule has 1 unspecified atom stereocenters. The van der Waals surface area contributed by atoms with Crippen LogP contribution in [-0.2, 0) is 19.7 Å². The van der Waals surface area contributed by atoms with Crippen LogP contribution >= 0.6 is 0 Å². The first-order chi connectivity index (χ1) is 9.56. The van der Waals surface area contributed by atoms with E-state index < -0.39 is 21.2 Å². The fourth-order valence-electron chi connectivity index (χ4n) is 1.92. The first-order valence-corrected chi connectivity index (χ1v) is 8.13. The molecular weight excluding hydrogens is 282 g/mol. The molecule has 0 aliphatic carbocycles. The van der Waals surface area contributed by atoms with E-state index in [0.29, 0.717) is 0 Å². The van der Waals surface area contributed by atoms with Gasteiger partial charge in [0.05, 0.1) is 0 Å². The maximum absolute atomic E-state index is 13.0. The number of benzene rings is 1. The van der Waals surface area contributed by atoms with Gasteiger partial charge in [-0.05, 0) is 43.9 Å². The van der Waals surface area contributed by atoms with Crippen molar-refractivity contribution in [1.82, 2.24) is 0 Å². The zero-order chi connectivity index (χ0) is 15.0. The van der Waals surface area contributed by atoms with Crippen molar-refractivity contribution < 1.29 is 22.1 Å². The summed E-state index contributed by atoms with van der Waals surface area (Å²) in [6.45, 7) is 1.98. The number of aryl methyl sites for hydroxylation is 1. The summed E-state index contributed by atoms with van der Waals surface area (Å²) in [4.78, 5) is 0. The summed E-state index contributed by atoms with van der Waals surface area (Å²) >= 11 is 0. The molecule has 3 nitrogen and oxygen atoms in total. The Morgan fingerprint density at radius 2 is 1.80 bits per heavy atom. The van der Waals surface area contributed by atoms with Gasteiger partial charge in [0.25, 0.3) is 0 Å². The van der Waals surface area contributed by atoms with Crippen molar-refractivity contribution in [3.63, 3.8) is 0 Å². The Morgan fingerprint density at radius 1 is 1.10 bits per heavy atom. The summed E-state index contributed by atoms with van der Waals surface area (Å²) in [6.07, 6.45) is 3.57. The quantitative estimate of drug-likeness (QED) is 0.518. The van der Waals surface area contributed by atoms with E-state index in [1.165, 1.54) is 12.1 Å². The zero-order valence-corrected chi connectivity index (χ0v) is 13.4. The Morgan fingerprint density at radius 3 is 2.40 bits per heavy atom. The smallest absolute Gasteiger partial charge is 0.379 e. The SMILES string of the molecule is CO[SiH](OC)OC(C)CCCCc1ccc(F)c(F)c1. The average molecular weight is 304 g/mol. The molecule has 0 aliphatic rings. The van der Waals surface area contributed by atoms with E-state index in [2.05, 4.69) is 0 Å². The van der Waals surface area contributed by atoms with Gasteiger partial charge in [0.15, 0.2) is 11.6 Å². The number of halogens is 2. The van der Waals surface area contributed by atoms with Gasteiger partial charge in [-0.3, -0.25) is 0 Å². The van der Waals surface area contributed by atoms with E-state index >= 15 is 0 Å². The van der Waals surface area contributed by atoms with Crippen LogP contribution < -0.4 is 0 Å². The Balaban J connectivity index is 2.22. The lowest BCUT2D eigenvalue weighted by molar-refractivity contribution is 0.0894.